The molecule has 162 valence electrons. The van der Waals surface area contributed by atoms with Crippen molar-refractivity contribution >= 4 is 40.6 Å². The van der Waals surface area contributed by atoms with E-state index in [4.69, 9.17) is 21.1 Å². The number of likely N-dealkylation sites (tertiary alicyclic amines) is 1. The lowest BCUT2D eigenvalue weighted by molar-refractivity contribution is 0.0205. The average molecular weight is 452 g/mol. The molecule has 7 nitrogen and oxygen atoms in total. The summed E-state index contributed by atoms with van der Waals surface area (Å²) < 4.78 is 10.7. The summed E-state index contributed by atoms with van der Waals surface area (Å²) in [4.78, 5) is 31.1. The molecule has 0 spiro atoms. The molecule has 1 saturated heterocycles. The van der Waals surface area contributed by atoms with Crippen LogP contribution in [0, 0.1) is 0 Å². The SMILES string of the molecule is COc1ccc(Cl)cc1NC(=O)c1csc(C2CCN(C(=O)OC(C)(C)C)CC2)n1. The van der Waals surface area contributed by atoms with Gasteiger partial charge in [0.15, 0.2) is 0 Å². The highest BCUT2D eigenvalue weighted by Crippen LogP contribution is 2.32. The number of rotatable bonds is 4. The van der Waals surface area contributed by atoms with E-state index in [0.717, 1.165) is 17.8 Å². The van der Waals surface area contributed by atoms with Crippen molar-refractivity contribution in [3.63, 3.8) is 0 Å². The first-order valence-electron chi connectivity index (χ1n) is 9.74. The van der Waals surface area contributed by atoms with Crippen LogP contribution in [-0.4, -0.2) is 47.7 Å². The number of piperidine rings is 1. The zero-order valence-corrected chi connectivity index (χ0v) is 19.1. The van der Waals surface area contributed by atoms with Crippen molar-refractivity contribution in [1.29, 1.82) is 0 Å². The minimum absolute atomic E-state index is 0.218. The van der Waals surface area contributed by atoms with E-state index in [9.17, 15) is 9.59 Å². The first-order chi connectivity index (χ1) is 14.2. The van der Waals surface area contributed by atoms with E-state index in [1.165, 1.54) is 18.4 Å². The Balaban J connectivity index is 1.60. The standard InChI is InChI=1S/C21H26ClN3O4S/c1-21(2,3)29-20(27)25-9-7-13(8-10-25)19-24-16(12-30-19)18(26)23-15-11-14(22)5-6-17(15)28-4/h5-6,11-13H,7-10H2,1-4H3,(H,23,26). The van der Waals surface area contributed by atoms with Gasteiger partial charge in [-0.25, -0.2) is 9.78 Å². The van der Waals surface area contributed by atoms with Gasteiger partial charge < -0.3 is 19.7 Å². The minimum atomic E-state index is -0.503. The topological polar surface area (TPSA) is 80.8 Å². The minimum Gasteiger partial charge on any atom is -0.495 e. The van der Waals surface area contributed by atoms with E-state index in [-0.39, 0.29) is 17.9 Å². The molecule has 1 aliphatic rings. The molecule has 0 unspecified atom stereocenters. The second-order valence-electron chi connectivity index (χ2n) is 8.11. The highest BCUT2D eigenvalue weighted by molar-refractivity contribution is 7.10. The second kappa shape index (κ2) is 9.22. The zero-order valence-electron chi connectivity index (χ0n) is 17.5. The number of methoxy groups -OCH3 is 1. The maximum Gasteiger partial charge on any atom is 0.410 e. The monoisotopic (exact) mass is 451 g/mol. The van der Waals surface area contributed by atoms with Crippen molar-refractivity contribution in [3.8, 4) is 5.75 Å². The van der Waals surface area contributed by atoms with E-state index < -0.39 is 5.60 Å². The number of nitrogens with zero attached hydrogens (tertiary/aromatic N) is 2. The van der Waals surface area contributed by atoms with Crippen LogP contribution in [0.2, 0.25) is 5.02 Å². The van der Waals surface area contributed by atoms with Crippen LogP contribution in [-0.2, 0) is 4.74 Å². The number of halogens is 1. The van der Waals surface area contributed by atoms with Crippen LogP contribution in [0.15, 0.2) is 23.6 Å². The average Bonchev–Trinajstić information content (AvgIpc) is 3.17. The third-order valence-corrected chi connectivity index (χ3v) is 5.90. The molecule has 1 N–H and O–H groups in total. The van der Waals surface area contributed by atoms with Gasteiger partial charge in [0.2, 0.25) is 0 Å². The molecule has 30 heavy (non-hydrogen) atoms. The number of carbonyl (C=O) groups is 2. The van der Waals surface area contributed by atoms with Gasteiger partial charge in [-0.1, -0.05) is 11.6 Å². The summed E-state index contributed by atoms with van der Waals surface area (Å²) in [5, 5.41) is 5.96. The highest BCUT2D eigenvalue weighted by atomic mass is 35.5. The summed E-state index contributed by atoms with van der Waals surface area (Å²) in [6.07, 6.45) is 1.29. The number of aromatic nitrogens is 1. The van der Waals surface area contributed by atoms with Gasteiger partial charge >= 0.3 is 6.09 Å². The predicted molar refractivity (Wildman–Crippen MR) is 118 cm³/mol. The Bertz CT molecular complexity index is 917. The number of nitrogens with one attached hydrogen (secondary N) is 1. The summed E-state index contributed by atoms with van der Waals surface area (Å²) in [5.74, 6) is 0.429. The number of carbonyl (C=O) groups excluding carboxylic acids is 2. The third kappa shape index (κ3) is 5.64. The number of benzene rings is 1. The van der Waals surface area contributed by atoms with Crippen LogP contribution in [0.3, 0.4) is 0 Å². The number of thiazole rings is 1. The normalized spacial score (nSPS) is 15.0. The molecule has 0 atom stereocenters. The molecule has 1 aromatic heterocycles. The van der Waals surface area contributed by atoms with Crippen LogP contribution in [0.5, 0.6) is 5.75 Å². The van der Waals surface area contributed by atoms with E-state index in [2.05, 4.69) is 10.3 Å². The van der Waals surface area contributed by atoms with Gasteiger partial charge in [0.05, 0.1) is 17.8 Å². The molecule has 2 heterocycles. The summed E-state index contributed by atoms with van der Waals surface area (Å²) in [7, 11) is 1.53. The molecule has 0 bridgehead atoms. The Morgan fingerprint density at radius 1 is 1.27 bits per heavy atom. The number of hydrogen-bond donors (Lipinski definition) is 1. The molecule has 1 aromatic carbocycles. The fourth-order valence-corrected chi connectivity index (χ4v) is 4.32. The fraction of sp³-hybridized carbons (Fsp3) is 0.476. The van der Waals surface area contributed by atoms with E-state index >= 15 is 0 Å². The molecular formula is C21H26ClN3O4S. The predicted octanol–water partition coefficient (Wildman–Crippen LogP) is 5.17. The summed E-state index contributed by atoms with van der Waals surface area (Å²) >= 11 is 7.48. The van der Waals surface area contributed by atoms with Gasteiger partial charge in [-0.3, -0.25) is 4.79 Å². The molecule has 1 fully saturated rings. The van der Waals surface area contributed by atoms with Gasteiger partial charge in [-0.2, -0.15) is 0 Å². The molecule has 3 rings (SSSR count). The quantitative estimate of drug-likeness (QED) is 0.693. The van der Waals surface area contributed by atoms with Gasteiger partial charge in [0.1, 0.15) is 17.0 Å². The molecular weight excluding hydrogens is 426 g/mol. The van der Waals surface area contributed by atoms with Crippen LogP contribution in [0.1, 0.15) is 55.0 Å². The molecule has 2 amide bonds. The number of amides is 2. The Morgan fingerprint density at radius 2 is 1.97 bits per heavy atom. The van der Waals surface area contributed by atoms with Crippen LogP contribution in [0.25, 0.3) is 0 Å². The maximum absolute atomic E-state index is 12.6. The van der Waals surface area contributed by atoms with Gasteiger partial charge in [-0.15, -0.1) is 11.3 Å². The Hall–Kier alpha value is -2.32. The zero-order chi connectivity index (χ0) is 21.9. The molecule has 1 aliphatic heterocycles. The highest BCUT2D eigenvalue weighted by Gasteiger charge is 2.29. The lowest BCUT2D eigenvalue weighted by Gasteiger charge is -2.32. The number of ether oxygens (including phenoxy) is 2. The second-order valence-corrected chi connectivity index (χ2v) is 9.44. The van der Waals surface area contributed by atoms with E-state index in [0.29, 0.717) is 35.2 Å². The van der Waals surface area contributed by atoms with E-state index in [1.54, 1.807) is 28.5 Å². The molecule has 0 aliphatic carbocycles. The lowest BCUT2D eigenvalue weighted by atomic mass is 9.98. The summed E-state index contributed by atoms with van der Waals surface area (Å²) in [6.45, 7) is 6.80. The molecule has 0 radical (unpaired) electrons. The van der Waals surface area contributed by atoms with Crippen LogP contribution >= 0.6 is 22.9 Å². The third-order valence-electron chi connectivity index (χ3n) is 4.66. The van der Waals surface area contributed by atoms with Crippen molar-refractivity contribution in [3.05, 3.63) is 39.3 Å². The summed E-state index contributed by atoms with van der Waals surface area (Å²) in [6, 6.07) is 5.03. The largest absolute Gasteiger partial charge is 0.495 e. The fourth-order valence-electron chi connectivity index (χ4n) is 3.18. The van der Waals surface area contributed by atoms with Crippen molar-refractivity contribution in [1.82, 2.24) is 9.88 Å². The van der Waals surface area contributed by atoms with Crippen molar-refractivity contribution in [2.24, 2.45) is 0 Å². The van der Waals surface area contributed by atoms with Crippen molar-refractivity contribution in [2.45, 2.75) is 45.1 Å². The maximum atomic E-state index is 12.6. The Labute approximate surface area is 185 Å². The first-order valence-corrected chi connectivity index (χ1v) is 11.0. The van der Waals surface area contributed by atoms with Crippen molar-refractivity contribution < 1.29 is 19.1 Å². The molecule has 0 saturated carbocycles. The Kier molecular flexibility index (Phi) is 6.88. The van der Waals surface area contributed by atoms with E-state index in [1.807, 2.05) is 20.8 Å². The van der Waals surface area contributed by atoms with Crippen molar-refractivity contribution in [2.75, 3.05) is 25.5 Å². The molecule has 2 aromatic rings. The van der Waals surface area contributed by atoms with Gasteiger partial charge in [-0.05, 0) is 51.8 Å². The Morgan fingerprint density at radius 3 is 2.60 bits per heavy atom. The summed E-state index contributed by atoms with van der Waals surface area (Å²) in [5.41, 5.74) is 0.346. The van der Waals surface area contributed by atoms with Crippen LogP contribution in [0.4, 0.5) is 10.5 Å². The van der Waals surface area contributed by atoms with Gasteiger partial charge in [0.25, 0.3) is 5.91 Å². The smallest absolute Gasteiger partial charge is 0.410 e. The lowest BCUT2D eigenvalue weighted by Crippen LogP contribution is -2.41. The first kappa shape index (κ1) is 22.4. The van der Waals surface area contributed by atoms with Crippen LogP contribution < -0.4 is 10.1 Å². The number of hydrogen-bond acceptors (Lipinski definition) is 6. The van der Waals surface area contributed by atoms with Gasteiger partial charge in [0, 0.05) is 29.4 Å². The molecule has 9 heteroatoms. The number of anilines is 1.